The van der Waals surface area contributed by atoms with Gasteiger partial charge in [0.15, 0.2) is 0 Å². The molecule has 0 aliphatic carbocycles. The van der Waals surface area contributed by atoms with Crippen molar-refractivity contribution in [1.82, 2.24) is 14.9 Å². The van der Waals surface area contributed by atoms with E-state index in [1.165, 1.54) is 0 Å². The maximum atomic E-state index is 4.57. The molecule has 0 aliphatic rings. The molecular weight excluding hydrogens is 280 g/mol. The van der Waals surface area contributed by atoms with Gasteiger partial charge >= 0.3 is 0 Å². The number of rotatable bonds is 6. The Kier molecular flexibility index (Phi) is 5.85. The molecule has 0 aromatic carbocycles. The number of aryl methyl sites for hydroxylation is 1. The van der Waals surface area contributed by atoms with Crippen LogP contribution in [0, 0.1) is 0 Å². The molecular formula is C12H21BrN4. The summed E-state index contributed by atoms with van der Waals surface area (Å²) < 4.78 is 0.864. The van der Waals surface area contributed by atoms with Crippen molar-refractivity contribution in [3.63, 3.8) is 0 Å². The van der Waals surface area contributed by atoms with Crippen LogP contribution in [0.1, 0.15) is 19.2 Å². The minimum atomic E-state index is 0.864. The molecule has 0 radical (unpaired) electrons. The van der Waals surface area contributed by atoms with Gasteiger partial charge in [-0.3, -0.25) is 0 Å². The first-order valence-corrected chi connectivity index (χ1v) is 6.71. The summed E-state index contributed by atoms with van der Waals surface area (Å²) in [7, 11) is 6.21. The molecule has 17 heavy (non-hydrogen) atoms. The largest absolute Gasteiger partial charge is 0.358 e. The van der Waals surface area contributed by atoms with Gasteiger partial charge in [0.2, 0.25) is 0 Å². The zero-order valence-electron chi connectivity index (χ0n) is 11.1. The molecule has 0 amide bonds. The van der Waals surface area contributed by atoms with E-state index in [1.54, 1.807) is 0 Å². The maximum absolute atomic E-state index is 4.57. The Morgan fingerprint density at radius 2 is 1.88 bits per heavy atom. The molecule has 5 heteroatoms. The average Bonchev–Trinajstić information content (AvgIpc) is 2.25. The quantitative estimate of drug-likeness (QED) is 0.754. The third-order valence-corrected chi connectivity index (χ3v) is 2.88. The zero-order valence-corrected chi connectivity index (χ0v) is 12.7. The molecule has 1 aromatic heterocycles. The topological polar surface area (TPSA) is 32.3 Å². The van der Waals surface area contributed by atoms with Crippen LogP contribution in [0.5, 0.6) is 0 Å². The van der Waals surface area contributed by atoms with Gasteiger partial charge in [-0.05, 0) is 36.4 Å². The van der Waals surface area contributed by atoms with Crippen molar-refractivity contribution < 1.29 is 0 Å². The average molecular weight is 301 g/mol. The Hall–Kier alpha value is -0.680. The lowest BCUT2D eigenvalue weighted by molar-refractivity contribution is 0.416. The normalized spacial score (nSPS) is 10.9. The molecule has 0 atom stereocenters. The third kappa shape index (κ3) is 5.00. The molecule has 96 valence electrons. The summed E-state index contributed by atoms with van der Waals surface area (Å²) in [5, 5.41) is 0. The van der Waals surface area contributed by atoms with E-state index >= 15 is 0 Å². The second-order valence-electron chi connectivity index (χ2n) is 4.44. The predicted octanol–water partition coefficient (Wildman–Crippen LogP) is 2.19. The third-order valence-electron chi connectivity index (χ3n) is 2.48. The van der Waals surface area contributed by atoms with Crippen LogP contribution >= 0.6 is 15.9 Å². The summed E-state index contributed by atoms with van der Waals surface area (Å²) in [4.78, 5) is 13.3. The molecule has 4 nitrogen and oxygen atoms in total. The Labute approximate surface area is 112 Å². The Morgan fingerprint density at radius 1 is 1.18 bits per heavy atom. The molecule has 0 fully saturated rings. The van der Waals surface area contributed by atoms with E-state index in [-0.39, 0.29) is 0 Å². The molecule has 1 rings (SSSR count). The van der Waals surface area contributed by atoms with Crippen molar-refractivity contribution in [2.75, 3.05) is 39.1 Å². The summed E-state index contributed by atoms with van der Waals surface area (Å²) in [5.74, 6) is 1.89. The summed E-state index contributed by atoms with van der Waals surface area (Å²) in [6.07, 6.45) is 1.99. The Morgan fingerprint density at radius 3 is 2.47 bits per heavy atom. The van der Waals surface area contributed by atoms with Crippen LogP contribution in [0.4, 0.5) is 5.82 Å². The first-order valence-electron chi connectivity index (χ1n) is 5.92. The van der Waals surface area contributed by atoms with Crippen LogP contribution in [-0.4, -0.2) is 49.1 Å². The van der Waals surface area contributed by atoms with Crippen LogP contribution in [0.2, 0.25) is 0 Å². The van der Waals surface area contributed by atoms with E-state index in [0.29, 0.717) is 0 Å². The minimum Gasteiger partial charge on any atom is -0.358 e. The highest BCUT2D eigenvalue weighted by Crippen LogP contribution is 2.16. The van der Waals surface area contributed by atoms with Gasteiger partial charge in [-0.25, -0.2) is 9.97 Å². The second kappa shape index (κ2) is 6.91. The number of hydrogen-bond donors (Lipinski definition) is 0. The highest BCUT2D eigenvalue weighted by molar-refractivity contribution is 9.10. The number of nitrogens with zero attached hydrogens (tertiary/aromatic N) is 4. The Balaban J connectivity index is 2.74. The fraction of sp³-hybridized carbons (Fsp3) is 0.667. The van der Waals surface area contributed by atoms with Crippen molar-refractivity contribution in [2.45, 2.75) is 19.8 Å². The van der Waals surface area contributed by atoms with E-state index in [4.69, 9.17) is 0 Å². The molecule has 0 unspecified atom stereocenters. The van der Waals surface area contributed by atoms with E-state index in [2.05, 4.69) is 63.8 Å². The molecule has 0 N–H and O–H groups in total. The summed E-state index contributed by atoms with van der Waals surface area (Å²) in [5.41, 5.74) is 0. The van der Waals surface area contributed by atoms with Gasteiger partial charge in [-0.15, -0.1) is 0 Å². The van der Waals surface area contributed by atoms with E-state index in [9.17, 15) is 0 Å². The Bertz CT molecular complexity index is 354. The second-order valence-corrected chi connectivity index (χ2v) is 5.25. The van der Waals surface area contributed by atoms with Crippen LogP contribution in [0.25, 0.3) is 0 Å². The van der Waals surface area contributed by atoms with Gasteiger partial charge in [0.05, 0.1) is 0 Å². The molecule has 1 aromatic rings. The number of anilines is 1. The van der Waals surface area contributed by atoms with Gasteiger partial charge in [0.25, 0.3) is 0 Å². The monoisotopic (exact) mass is 300 g/mol. The number of likely N-dealkylation sites (N-methyl/N-ethyl adjacent to an activating group) is 2. The van der Waals surface area contributed by atoms with E-state index in [1.807, 2.05) is 6.07 Å². The smallest absolute Gasteiger partial charge is 0.133 e. The van der Waals surface area contributed by atoms with Crippen molar-refractivity contribution in [3.05, 3.63) is 16.5 Å². The van der Waals surface area contributed by atoms with Crippen molar-refractivity contribution in [2.24, 2.45) is 0 Å². The van der Waals surface area contributed by atoms with Gasteiger partial charge in [0.1, 0.15) is 16.2 Å². The van der Waals surface area contributed by atoms with Crippen LogP contribution in [0.15, 0.2) is 10.7 Å². The van der Waals surface area contributed by atoms with Crippen molar-refractivity contribution in [1.29, 1.82) is 0 Å². The standard InChI is InChI=1S/C12H21BrN4/c1-5-6-11-14-10(13)9-12(15-11)17(4)8-7-16(2)3/h9H,5-8H2,1-4H3. The molecule has 0 aliphatic heterocycles. The van der Waals surface area contributed by atoms with Gasteiger partial charge in [-0.2, -0.15) is 0 Å². The van der Waals surface area contributed by atoms with Crippen LogP contribution < -0.4 is 4.90 Å². The first kappa shape index (κ1) is 14.4. The highest BCUT2D eigenvalue weighted by atomic mass is 79.9. The molecule has 0 spiro atoms. The summed E-state index contributed by atoms with van der Waals surface area (Å²) >= 11 is 3.44. The lowest BCUT2D eigenvalue weighted by Gasteiger charge is -2.21. The lowest BCUT2D eigenvalue weighted by Crippen LogP contribution is -2.29. The molecule has 1 heterocycles. The van der Waals surface area contributed by atoms with Crippen LogP contribution in [-0.2, 0) is 6.42 Å². The lowest BCUT2D eigenvalue weighted by atomic mass is 10.3. The molecule has 0 saturated carbocycles. The zero-order chi connectivity index (χ0) is 12.8. The predicted molar refractivity (Wildman–Crippen MR) is 75.6 cm³/mol. The fourth-order valence-electron chi connectivity index (χ4n) is 1.45. The van der Waals surface area contributed by atoms with Gasteiger partial charge in [0, 0.05) is 32.6 Å². The molecule has 0 saturated heterocycles. The van der Waals surface area contributed by atoms with E-state index in [0.717, 1.165) is 42.2 Å². The summed E-state index contributed by atoms with van der Waals surface area (Å²) in [6.45, 7) is 4.11. The fourth-order valence-corrected chi connectivity index (χ4v) is 1.86. The van der Waals surface area contributed by atoms with E-state index < -0.39 is 0 Å². The highest BCUT2D eigenvalue weighted by Gasteiger charge is 2.07. The van der Waals surface area contributed by atoms with Crippen molar-refractivity contribution >= 4 is 21.7 Å². The van der Waals surface area contributed by atoms with Crippen LogP contribution in [0.3, 0.4) is 0 Å². The summed E-state index contributed by atoms with van der Waals surface area (Å²) in [6, 6.07) is 1.97. The minimum absolute atomic E-state index is 0.864. The van der Waals surface area contributed by atoms with Gasteiger partial charge < -0.3 is 9.80 Å². The first-order chi connectivity index (χ1) is 8.02. The number of hydrogen-bond acceptors (Lipinski definition) is 4. The van der Waals surface area contributed by atoms with Crippen molar-refractivity contribution in [3.8, 4) is 0 Å². The maximum Gasteiger partial charge on any atom is 0.133 e. The number of halogens is 1. The SMILES string of the molecule is CCCc1nc(Br)cc(N(C)CCN(C)C)n1. The number of aromatic nitrogens is 2. The molecule has 0 bridgehead atoms. The van der Waals surface area contributed by atoms with Gasteiger partial charge in [-0.1, -0.05) is 6.92 Å².